The predicted octanol–water partition coefficient (Wildman–Crippen LogP) is 2.01. The summed E-state index contributed by atoms with van der Waals surface area (Å²) in [5.74, 6) is -1.27. The van der Waals surface area contributed by atoms with Crippen LogP contribution in [-0.2, 0) is 4.79 Å². The van der Waals surface area contributed by atoms with Crippen LogP contribution in [0.2, 0.25) is 0 Å². The van der Waals surface area contributed by atoms with Crippen LogP contribution in [0.3, 0.4) is 0 Å². The summed E-state index contributed by atoms with van der Waals surface area (Å²) in [6.45, 7) is 5.08. The first kappa shape index (κ1) is 15.6. The first-order valence-electron chi connectivity index (χ1n) is 6.29. The van der Waals surface area contributed by atoms with Crippen molar-refractivity contribution in [2.45, 2.75) is 45.4 Å². The quantitative estimate of drug-likeness (QED) is 0.739. The van der Waals surface area contributed by atoms with Crippen molar-refractivity contribution in [2.24, 2.45) is 0 Å². The molecule has 1 aromatic carbocycles. The molecule has 0 radical (unpaired) electrons. The Bertz CT molecular complexity index is 450. The monoisotopic (exact) mass is 269 g/mol. The minimum atomic E-state index is -0.947. The molecule has 4 nitrogen and oxygen atoms in total. The highest BCUT2D eigenvalue weighted by atomic mass is 19.1. The minimum Gasteiger partial charge on any atom is -0.480 e. The molecule has 0 aromatic heterocycles. The molecule has 3 N–H and O–H groups in total. The van der Waals surface area contributed by atoms with E-state index in [9.17, 15) is 14.3 Å². The summed E-state index contributed by atoms with van der Waals surface area (Å²) >= 11 is 0. The third-order valence-corrected chi connectivity index (χ3v) is 3.17. The molecule has 1 aromatic rings. The first-order chi connectivity index (χ1) is 8.86. The largest absolute Gasteiger partial charge is 0.480 e. The summed E-state index contributed by atoms with van der Waals surface area (Å²) in [6, 6.07) is 3.24. The lowest BCUT2D eigenvalue weighted by atomic mass is 10.0. The summed E-state index contributed by atoms with van der Waals surface area (Å²) in [6.07, 6.45) is -0.456. The van der Waals surface area contributed by atoms with Crippen LogP contribution in [0.25, 0.3) is 0 Å². The van der Waals surface area contributed by atoms with Gasteiger partial charge in [0.15, 0.2) is 0 Å². The lowest BCUT2D eigenvalue weighted by molar-refractivity contribution is -0.140. The molecule has 3 unspecified atom stereocenters. The van der Waals surface area contributed by atoms with Gasteiger partial charge in [0.1, 0.15) is 11.9 Å². The number of carbonyl (C=O) groups is 1. The number of rotatable bonds is 6. The average molecular weight is 269 g/mol. The van der Waals surface area contributed by atoms with Crippen LogP contribution in [-0.4, -0.2) is 28.3 Å². The van der Waals surface area contributed by atoms with Crippen molar-refractivity contribution < 1.29 is 19.4 Å². The van der Waals surface area contributed by atoms with E-state index in [4.69, 9.17) is 5.11 Å². The van der Waals surface area contributed by atoms with Gasteiger partial charge in [0.25, 0.3) is 0 Å². The van der Waals surface area contributed by atoms with Gasteiger partial charge in [-0.3, -0.25) is 10.1 Å². The van der Waals surface area contributed by atoms with Crippen molar-refractivity contribution in [1.29, 1.82) is 0 Å². The number of aliphatic hydroxyl groups is 1. The third-order valence-electron chi connectivity index (χ3n) is 3.17. The predicted molar refractivity (Wildman–Crippen MR) is 70.4 cm³/mol. The summed E-state index contributed by atoms with van der Waals surface area (Å²) in [5.41, 5.74) is 1.02. The Morgan fingerprint density at radius 1 is 1.47 bits per heavy atom. The Morgan fingerprint density at radius 3 is 2.58 bits per heavy atom. The van der Waals surface area contributed by atoms with Crippen molar-refractivity contribution in [3.63, 3.8) is 0 Å². The molecule has 0 aliphatic heterocycles. The van der Waals surface area contributed by atoms with E-state index in [-0.39, 0.29) is 5.82 Å². The van der Waals surface area contributed by atoms with E-state index in [2.05, 4.69) is 5.32 Å². The molecule has 0 aliphatic rings. The van der Waals surface area contributed by atoms with Crippen LogP contribution in [0.4, 0.5) is 4.39 Å². The average Bonchev–Trinajstić information content (AvgIpc) is 2.37. The maximum absolute atomic E-state index is 13.2. The molecule has 3 atom stereocenters. The smallest absolute Gasteiger partial charge is 0.320 e. The number of carboxylic acids is 1. The Hall–Kier alpha value is -1.46. The molecular formula is C14H20FNO3. The standard InChI is InChI=1S/C14H20FNO3/c1-4-12(14(18)19)16-9(3)13(17)10-5-6-11(15)8(2)7-10/h5-7,9,12-13,16-17H,4H2,1-3H3,(H,18,19). The van der Waals surface area contributed by atoms with Gasteiger partial charge >= 0.3 is 5.97 Å². The van der Waals surface area contributed by atoms with Gasteiger partial charge in [0.2, 0.25) is 0 Å². The second-order valence-electron chi connectivity index (χ2n) is 4.71. The number of aliphatic hydroxyl groups excluding tert-OH is 1. The van der Waals surface area contributed by atoms with Crippen molar-refractivity contribution in [3.8, 4) is 0 Å². The Kier molecular flexibility index (Phi) is 5.44. The molecule has 0 spiro atoms. The normalized spacial score (nSPS) is 15.8. The van der Waals surface area contributed by atoms with Crippen LogP contribution < -0.4 is 5.32 Å². The van der Waals surface area contributed by atoms with Gasteiger partial charge in [0.05, 0.1) is 6.10 Å². The fourth-order valence-corrected chi connectivity index (χ4v) is 1.91. The van der Waals surface area contributed by atoms with E-state index in [0.29, 0.717) is 17.5 Å². The second-order valence-corrected chi connectivity index (χ2v) is 4.71. The summed E-state index contributed by atoms with van der Waals surface area (Å²) < 4.78 is 13.2. The van der Waals surface area contributed by atoms with E-state index in [1.807, 2.05) is 0 Å². The molecule has 5 heteroatoms. The van der Waals surface area contributed by atoms with Crippen LogP contribution in [0.1, 0.15) is 37.5 Å². The number of halogens is 1. The highest BCUT2D eigenvalue weighted by molar-refractivity contribution is 5.73. The van der Waals surface area contributed by atoms with Crippen LogP contribution in [0, 0.1) is 12.7 Å². The fourth-order valence-electron chi connectivity index (χ4n) is 1.91. The van der Waals surface area contributed by atoms with E-state index in [0.717, 1.165) is 0 Å². The van der Waals surface area contributed by atoms with E-state index < -0.39 is 24.2 Å². The Morgan fingerprint density at radius 2 is 2.11 bits per heavy atom. The molecule has 0 saturated heterocycles. The van der Waals surface area contributed by atoms with Gasteiger partial charge in [-0.1, -0.05) is 19.1 Å². The molecule has 1 rings (SSSR count). The summed E-state index contributed by atoms with van der Waals surface area (Å²) in [4.78, 5) is 10.9. The maximum Gasteiger partial charge on any atom is 0.320 e. The molecule has 19 heavy (non-hydrogen) atoms. The highest BCUT2D eigenvalue weighted by Crippen LogP contribution is 2.20. The van der Waals surface area contributed by atoms with E-state index in [1.54, 1.807) is 26.8 Å². The highest BCUT2D eigenvalue weighted by Gasteiger charge is 2.23. The van der Waals surface area contributed by atoms with Gasteiger partial charge in [0, 0.05) is 6.04 Å². The summed E-state index contributed by atoms with van der Waals surface area (Å²) in [5, 5.41) is 22.0. The number of carboxylic acid groups (broad SMARTS) is 1. The van der Waals surface area contributed by atoms with E-state index >= 15 is 0 Å². The molecule has 0 bridgehead atoms. The SMILES string of the molecule is CCC(NC(C)C(O)c1ccc(F)c(C)c1)C(=O)O. The van der Waals surface area contributed by atoms with Crippen LogP contribution >= 0.6 is 0 Å². The number of nitrogens with one attached hydrogen (secondary N) is 1. The number of aliphatic carboxylic acids is 1. The van der Waals surface area contributed by atoms with Gasteiger partial charge in [-0.15, -0.1) is 0 Å². The van der Waals surface area contributed by atoms with Gasteiger partial charge < -0.3 is 10.2 Å². The van der Waals surface area contributed by atoms with Crippen molar-refractivity contribution in [3.05, 3.63) is 35.1 Å². The lowest BCUT2D eigenvalue weighted by Crippen LogP contribution is -2.44. The zero-order chi connectivity index (χ0) is 14.6. The topological polar surface area (TPSA) is 69.6 Å². The van der Waals surface area contributed by atoms with Crippen LogP contribution in [0.15, 0.2) is 18.2 Å². The first-order valence-corrected chi connectivity index (χ1v) is 6.29. The minimum absolute atomic E-state index is 0.325. The van der Waals surface area contributed by atoms with Gasteiger partial charge in [-0.2, -0.15) is 0 Å². The van der Waals surface area contributed by atoms with Crippen molar-refractivity contribution in [2.75, 3.05) is 0 Å². The number of hydrogen-bond donors (Lipinski definition) is 3. The van der Waals surface area contributed by atoms with Gasteiger partial charge in [-0.25, -0.2) is 4.39 Å². The zero-order valence-electron chi connectivity index (χ0n) is 11.4. The molecular weight excluding hydrogens is 249 g/mol. The number of benzene rings is 1. The van der Waals surface area contributed by atoms with Gasteiger partial charge in [-0.05, 0) is 37.5 Å². The second kappa shape index (κ2) is 6.63. The zero-order valence-corrected chi connectivity index (χ0v) is 11.4. The maximum atomic E-state index is 13.2. The number of aryl methyl sites for hydroxylation is 1. The number of hydrogen-bond acceptors (Lipinski definition) is 3. The summed E-state index contributed by atoms with van der Waals surface area (Å²) in [7, 11) is 0. The molecule has 106 valence electrons. The van der Waals surface area contributed by atoms with Crippen molar-refractivity contribution in [1.82, 2.24) is 5.32 Å². The van der Waals surface area contributed by atoms with Crippen molar-refractivity contribution >= 4 is 5.97 Å². The molecule has 0 saturated carbocycles. The van der Waals surface area contributed by atoms with E-state index in [1.165, 1.54) is 12.1 Å². The lowest BCUT2D eigenvalue weighted by Gasteiger charge is -2.24. The molecule has 0 fully saturated rings. The fraction of sp³-hybridized carbons (Fsp3) is 0.500. The molecule has 0 amide bonds. The van der Waals surface area contributed by atoms with Crippen LogP contribution in [0.5, 0.6) is 0 Å². The molecule has 0 heterocycles. The third kappa shape index (κ3) is 4.01. The molecule has 0 aliphatic carbocycles. The Balaban J connectivity index is 2.78. The Labute approximate surface area is 112 Å².